The molecular weight excluding hydrogens is 271 g/mol. The van der Waals surface area contributed by atoms with E-state index in [4.69, 9.17) is 19.8 Å². The minimum atomic E-state index is -0.832. The molecule has 21 heavy (non-hydrogen) atoms. The second kappa shape index (κ2) is 6.28. The summed E-state index contributed by atoms with van der Waals surface area (Å²) in [6.07, 6.45) is 4.06. The zero-order chi connectivity index (χ0) is 15.5. The van der Waals surface area contributed by atoms with Gasteiger partial charge in [-0.2, -0.15) is 0 Å². The minimum absolute atomic E-state index is 0.328. The molecule has 2 heterocycles. The number of primary amides is 1. The number of ether oxygens (including phenoxy) is 1. The van der Waals surface area contributed by atoms with Crippen molar-refractivity contribution in [2.24, 2.45) is 5.73 Å². The molecule has 0 radical (unpaired) electrons. The van der Waals surface area contributed by atoms with Crippen molar-refractivity contribution in [3.63, 3.8) is 0 Å². The number of nitrogens with zero attached hydrogens (tertiary/aromatic N) is 1. The van der Waals surface area contributed by atoms with Crippen LogP contribution in [-0.2, 0) is 14.0 Å². The summed E-state index contributed by atoms with van der Waals surface area (Å²) in [5.74, 6) is 0. The van der Waals surface area contributed by atoms with Gasteiger partial charge in [-0.3, -0.25) is 4.98 Å². The molecule has 1 aliphatic rings. The summed E-state index contributed by atoms with van der Waals surface area (Å²) in [5, 5.41) is 0. The summed E-state index contributed by atoms with van der Waals surface area (Å²) in [5.41, 5.74) is 6.27. The number of amides is 1. The van der Waals surface area contributed by atoms with Crippen LogP contribution in [0, 0.1) is 0 Å². The molecule has 2 rings (SSSR count). The van der Waals surface area contributed by atoms with Crippen molar-refractivity contribution in [1.29, 1.82) is 0 Å². The van der Waals surface area contributed by atoms with Crippen LogP contribution in [0.15, 0.2) is 31.1 Å². The van der Waals surface area contributed by atoms with Crippen molar-refractivity contribution in [3.05, 3.63) is 36.7 Å². The molecule has 0 saturated carbocycles. The summed E-state index contributed by atoms with van der Waals surface area (Å²) in [6.45, 7) is 8.08. The molecule has 2 N–H and O–H groups in total. The summed E-state index contributed by atoms with van der Waals surface area (Å²) in [6, 6.07) is 1.84. The number of pyridine rings is 1. The molecule has 1 atom stereocenters. The smallest absolute Gasteiger partial charge is 0.441 e. The van der Waals surface area contributed by atoms with E-state index < -0.39 is 19.3 Å². The summed E-state index contributed by atoms with van der Waals surface area (Å²) in [7, 11) is -0.467. The first-order chi connectivity index (χ1) is 9.91. The number of hydrogen-bond donors (Lipinski definition) is 1. The summed E-state index contributed by atoms with van der Waals surface area (Å²) in [4.78, 5) is 15.1. The van der Waals surface area contributed by atoms with Crippen molar-refractivity contribution in [2.45, 2.75) is 32.0 Å². The molecule has 0 bridgehead atoms. The van der Waals surface area contributed by atoms with E-state index in [-0.39, 0.29) is 5.60 Å². The average molecular weight is 290 g/mol. The number of carbonyl (C=O) groups excluding carboxylic acids is 1. The van der Waals surface area contributed by atoms with Crippen LogP contribution in [0.5, 0.6) is 0 Å². The lowest BCUT2D eigenvalue weighted by atomic mass is 9.79. The Morgan fingerprint density at radius 2 is 2.43 bits per heavy atom. The maximum atomic E-state index is 11.0. The lowest BCUT2D eigenvalue weighted by Gasteiger charge is -2.17. The van der Waals surface area contributed by atoms with Crippen molar-refractivity contribution in [1.82, 2.24) is 4.98 Å². The molecule has 112 valence electrons. The van der Waals surface area contributed by atoms with E-state index in [0.29, 0.717) is 13.0 Å². The Labute approximate surface area is 124 Å². The van der Waals surface area contributed by atoms with Crippen LogP contribution in [0.1, 0.15) is 31.9 Å². The number of rotatable bonds is 5. The Bertz CT molecular complexity index is 535. The number of carbonyl (C=O) groups is 1. The molecule has 1 saturated heterocycles. The third-order valence-electron chi connectivity index (χ3n) is 3.07. The molecule has 1 aromatic rings. The van der Waals surface area contributed by atoms with Gasteiger partial charge in [0.15, 0.2) is 0 Å². The molecule has 7 heteroatoms. The van der Waals surface area contributed by atoms with E-state index in [9.17, 15) is 4.79 Å². The first-order valence-corrected chi connectivity index (χ1v) is 6.72. The van der Waals surface area contributed by atoms with E-state index in [1.165, 1.54) is 0 Å². The fraction of sp³-hybridized carbons (Fsp3) is 0.429. The molecular formula is C14H19BN2O4. The van der Waals surface area contributed by atoms with E-state index in [1.807, 2.05) is 19.9 Å². The Morgan fingerprint density at radius 3 is 3.00 bits per heavy atom. The fourth-order valence-electron chi connectivity index (χ4n) is 2.12. The van der Waals surface area contributed by atoms with E-state index >= 15 is 0 Å². The lowest BCUT2D eigenvalue weighted by Crippen LogP contribution is -2.35. The maximum absolute atomic E-state index is 11.0. The Hall–Kier alpha value is -1.86. The Morgan fingerprint density at radius 1 is 1.67 bits per heavy atom. The zero-order valence-corrected chi connectivity index (χ0v) is 12.2. The van der Waals surface area contributed by atoms with Gasteiger partial charge in [0.25, 0.3) is 0 Å². The van der Waals surface area contributed by atoms with E-state index in [1.54, 1.807) is 18.5 Å². The monoisotopic (exact) mass is 290 g/mol. The van der Waals surface area contributed by atoms with Crippen molar-refractivity contribution < 1.29 is 18.8 Å². The maximum Gasteiger partial charge on any atom is 0.496 e. The molecule has 1 unspecified atom stereocenters. The highest BCUT2D eigenvalue weighted by molar-refractivity contribution is 6.61. The number of aromatic nitrogens is 1. The van der Waals surface area contributed by atoms with E-state index in [0.717, 1.165) is 11.0 Å². The molecule has 1 fully saturated rings. The second-order valence-electron chi connectivity index (χ2n) is 5.52. The van der Waals surface area contributed by atoms with Gasteiger partial charge in [0.2, 0.25) is 0 Å². The molecule has 1 amide bonds. The molecule has 0 aromatic carbocycles. The van der Waals surface area contributed by atoms with Gasteiger partial charge in [-0.05, 0) is 13.8 Å². The summed E-state index contributed by atoms with van der Waals surface area (Å²) < 4.78 is 16.5. The normalized spacial score (nSPS) is 18.3. The highest BCUT2D eigenvalue weighted by atomic mass is 16.7. The highest BCUT2D eigenvalue weighted by Crippen LogP contribution is 2.22. The van der Waals surface area contributed by atoms with Crippen LogP contribution in [0.4, 0.5) is 4.79 Å². The molecule has 1 aliphatic heterocycles. The fourth-order valence-corrected chi connectivity index (χ4v) is 2.12. The van der Waals surface area contributed by atoms with Crippen LogP contribution in [0.25, 0.3) is 0 Å². The van der Waals surface area contributed by atoms with Gasteiger partial charge in [-0.1, -0.05) is 12.1 Å². The highest BCUT2D eigenvalue weighted by Gasteiger charge is 2.38. The second-order valence-corrected chi connectivity index (χ2v) is 5.52. The topological polar surface area (TPSA) is 83.7 Å². The van der Waals surface area contributed by atoms with Gasteiger partial charge >= 0.3 is 13.2 Å². The van der Waals surface area contributed by atoms with Gasteiger partial charge in [0, 0.05) is 29.8 Å². The third-order valence-corrected chi connectivity index (χ3v) is 3.07. The predicted octanol–water partition coefficient (Wildman–Crippen LogP) is 1.31. The third kappa shape index (κ3) is 4.06. The van der Waals surface area contributed by atoms with Crippen LogP contribution in [0.3, 0.4) is 0 Å². The molecule has 0 aliphatic carbocycles. The zero-order valence-electron chi connectivity index (χ0n) is 12.2. The SMILES string of the molecule is C=CCC(OC(N)=O)c1cncc(B2OCC(C)(C)O2)c1. The number of nitrogens with two attached hydrogens (primary N) is 1. The molecule has 0 spiro atoms. The lowest BCUT2D eigenvalue weighted by molar-refractivity contribution is 0.108. The van der Waals surface area contributed by atoms with Crippen molar-refractivity contribution in [3.8, 4) is 0 Å². The van der Waals surface area contributed by atoms with Crippen LogP contribution < -0.4 is 11.2 Å². The Kier molecular flexibility index (Phi) is 4.64. The Balaban J connectivity index is 2.19. The van der Waals surface area contributed by atoms with Gasteiger partial charge in [-0.15, -0.1) is 6.58 Å². The summed E-state index contributed by atoms with van der Waals surface area (Å²) >= 11 is 0. The van der Waals surface area contributed by atoms with Gasteiger partial charge < -0.3 is 19.8 Å². The van der Waals surface area contributed by atoms with Crippen LogP contribution in [0.2, 0.25) is 0 Å². The van der Waals surface area contributed by atoms with Gasteiger partial charge in [0.1, 0.15) is 6.10 Å². The first kappa shape index (κ1) is 15.5. The number of hydrogen-bond acceptors (Lipinski definition) is 5. The largest absolute Gasteiger partial charge is 0.496 e. The molecule has 1 aromatic heterocycles. The minimum Gasteiger partial charge on any atom is -0.441 e. The molecule has 6 nitrogen and oxygen atoms in total. The van der Waals surface area contributed by atoms with Crippen molar-refractivity contribution >= 4 is 18.7 Å². The van der Waals surface area contributed by atoms with E-state index in [2.05, 4.69) is 11.6 Å². The average Bonchev–Trinajstić information content (AvgIpc) is 2.78. The standard InChI is InChI=1S/C14H19BN2O4/c1-4-5-12(20-13(16)18)10-6-11(8-17-7-10)15-19-9-14(2,3)21-15/h4,6-8,12H,1,5,9H2,2-3H3,(H2,16,18). The van der Waals surface area contributed by atoms with Crippen LogP contribution >= 0.6 is 0 Å². The predicted molar refractivity (Wildman–Crippen MR) is 79.0 cm³/mol. The van der Waals surface area contributed by atoms with Crippen molar-refractivity contribution in [2.75, 3.05) is 6.61 Å². The first-order valence-electron chi connectivity index (χ1n) is 6.72. The van der Waals surface area contributed by atoms with Crippen LogP contribution in [-0.4, -0.2) is 30.4 Å². The quantitative estimate of drug-likeness (QED) is 0.653. The van der Waals surface area contributed by atoms with Gasteiger partial charge in [-0.25, -0.2) is 4.79 Å². The van der Waals surface area contributed by atoms with Gasteiger partial charge in [0.05, 0.1) is 12.2 Å².